The van der Waals surface area contributed by atoms with Crippen LogP contribution in [0.3, 0.4) is 0 Å². The van der Waals surface area contributed by atoms with Crippen molar-refractivity contribution in [2.24, 2.45) is 11.8 Å². The van der Waals surface area contributed by atoms with Crippen molar-refractivity contribution < 1.29 is 13.2 Å². The molecule has 2 heterocycles. The number of hydrazine groups is 1. The number of sulfone groups is 1. The molecule has 0 saturated carbocycles. The first-order chi connectivity index (χ1) is 13.6. The third-order valence-electron chi connectivity index (χ3n) is 6.06. The van der Waals surface area contributed by atoms with Gasteiger partial charge in [0, 0.05) is 19.2 Å². The molecule has 5 nitrogen and oxygen atoms in total. The standard InChI is InChI=1S/C23H30N2O3S.ClH/c1-23(2)15-19-14-20(29(3,26)27)13-18(22(19)28-23)12-17-10-7-11-25(24)21(17)16-8-5-4-6-9-16;/h4-6,8-9,13-14,17,21H,7,10-12,15,24H2,1-3H3;1H/t17-,21+;/m0./s1. The van der Waals surface area contributed by atoms with Gasteiger partial charge in [0.2, 0.25) is 0 Å². The van der Waals surface area contributed by atoms with Gasteiger partial charge in [-0.1, -0.05) is 30.3 Å². The molecular formula is C23H31ClN2O3S. The summed E-state index contributed by atoms with van der Waals surface area (Å²) >= 11 is 0. The van der Waals surface area contributed by atoms with Gasteiger partial charge in [-0.2, -0.15) is 0 Å². The molecule has 7 heteroatoms. The van der Waals surface area contributed by atoms with E-state index in [1.807, 2.05) is 43.1 Å². The van der Waals surface area contributed by atoms with E-state index in [9.17, 15) is 8.42 Å². The highest BCUT2D eigenvalue weighted by Gasteiger charge is 2.36. The highest BCUT2D eigenvalue weighted by Crippen LogP contribution is 2.43. The first-order valence-electron chi connectivity index (χ1n) is 10.3. The quantitative estimate of drug-likeness (QED) is 0.710. The minimum atomic E-state index is -3.29. The zero-order valence-electron chi connectivity index (χ0n) is 17.8. The van der Waals surface area contributed by atoms with E-state index in [1.165, 1.54) is 11.8 Å². The Labute approximate surface area is 185 Å². The van der Waals surface area contributed by atoms with Gasteiger partial charge in [-0.05, 0) is 67.9 Å². The van der Waals surface area contributed by atoms with Crippen molar-refractivity contribution in [2.45, 2.75) is 56.1 Å². The molecule has 2 aromatic rings. The van der Waals surface area contributed by atoms with Crippen LogP contribution in [0.5, 0.6) is 5.75 Å². The van der Waals surface area contributed by atoms with E-state index in [0.29, 0.717) is 17.2 Å². The van der Waals surface area contributed by atoms with E-state index in [0.717, 1.165) is 42.7 Å². The second kappa shape index (κ2) is 8.50. The summed E-state index contributed by atoms with van der Waals surface area (Å²) < 4.78 is 30.9. The van der Waals surface area contributed by atoms with Crippen LogP contribution in [0.2, 0.25) is 0 Å². The molecule has 2 aromatic carbocycles. The van der Waals surface area contributed by atoms with E-state index in [-0.39, 0.29) is 24.0 Å². The summed E-state index contributed by atoms with van der Waals surface area (Å²) in [5, 5.41) is 1.94. The number of ether oxygens (including phenoxy) is 1. The number of hydrogen-bond donors (Lipinski definition) is 1. The SMILES string of the molecule is CC1(C)Cc2cc(S(C)(=O)=O)cc(C[C@@H]3CCCN(N)[C@@H]3c3ccccc3)c2O1.Cl. The second-order valence-electron chi connectivity index (χ2n) is 9.08. The van der Waals surface area contributed by atoms with Gasteiger partial charge in [0.15, 0.2) is 9.84 Å². The van der Waals surface area contributed by atoms with Crippen LogP contribution in [0.1, 0.15) is 49.4 Å². The number of hydrogen-bond acceptors (Lipinski definition) is 5. The fourth-order valence-electron chi connectivity index (χ4n) is 4.84. The maximum Gasteiger partial charge on any atom is 0.175 e. The average molecular weight is 451 g/mol. The van der Waals surface area contributed by atoms with Crippen LogP contribution in [0, 0.1) is 5.92 Å². The van der Waals surface area contributed by atoms with Gasteiger partial charge in [0.25, 0.3) is 0 Å². The van der Waals surface area contributed by atoms with Gasteiger partial charge in [-0.3, -0.25) is 5.84 Å². The van der Waals surface area contributed by atoms with Gasteiger partial charge < -0.3 is 4.74 Å². The Kier molecular flexibility index (Phi) is 6.54. The molecule has 0 spiro atoms. The van der Waals surface area contributed by atoms with Crippen LogP contribution < -0.4 is 10.6 Å². The number of nitrogens with zero attached hydrogens (tertiary/aromatic N) is 1. The van der Waals surface area contributed by atoms with Crippen molar-refractivity contribution in [3.63, 3.8) is 0 Å². The lowest BCUT2D eigenvalue weighted by molar-refractivity contribution is 0.0909. The monoisotopic (exact) mass is 450 g/mol. The molecule has 2 N–H and O–H groups in total. The van der Waals surface area contributed by atoms with Crippen LogP contribution in [0.15, 0.2) is 47.4 Å². The van der Waals surface area contributed by atoms with Crippen molar-refractivity contribution >= 4 is 22.2 Å². The normalized spacial score (nSPS) is 23.3. The number of benzene rings is 2. The van der Waals surface area contributed by atoms with Crippen molar-refractivity contribution in [3.8, 4) is 5.75 Å². The zero-order chi connectivity index (χ0) is 20.8. The van der Waals surface area contributed by atoms with Gasteiger partial charge in [0.1, 0.15) is 11.4 Å². The van der Waals surface area contributed by atoms with Crippen molar-refractivity contribution in [2.75, 3.05) is 12.8 Å². The Bertz CT molecular complexity index is 1010. The van der Waals surface area contributed by atoms with Crippen molar-refractivity contribution in [3.05, 3.63) is 59.2 Å². The Hall–Kier alpha value is -1.60. The molecule has 0 amide bonds. The summed E-state index contributed by atoms with van der Waals surface area (Å²) in [5.41, 5.74) is 2.86. The van der Waals surface area contributed by atoms with Gasteiger partial charge in [-0.25, -0.2) is 13.4 Å². The Morgan fingerprint density at radius 1 is 1.20 bits per heavy atom. The van der Waals surface area contributed by atoms with Gasteiger partial charge in [-0.15, -0.1) is 12.4 Å². The van der Waals surface area contributed by atoms with Crippen molar-refractivity contribution in [1.82, 2.24) is 5.01 Å². The third-order valence-corrected chi connectivity index (χ3v) is 7.15. The van der Waals surface area contributed by atoms with Crippen molar-refractivity contribution in [1.29, 1.82) is 0 Å². The van der Waals surface area contributed by atoms with E-state index < -0.39 is 9.84 Å². The minimum absolute atomic E-state index is 0. The molecule has 2 aliphatic rings. The molecule has 164 valence electrons. The van der Waals surface area contributed by atoms with Crippen LogP contribution in [-0.2, 0) is 22.7 Å². The highest BCUT2D eigenvalue weighted by atomic mass is 35.5. The van der Waals surface area contributed by atoms with Crippen LogP contribution in [0.4, 0.5) is 0 Å². The highest BCUT2D eigenvalue weighted by molar-refractivity contribution is 7.90. The third kappa shape index (κ3) is 4.67. The van der Waals surface area contributed by atoms with E-state index in [4.69, 9.17) is 10.6 Å². The summed E-state index contributed by atoms with van der Waals surface area (Å²) in [7, 11) is -3.29. The summed E-state index contributed by atoms with van der Waals surface area (Å²) in [6.07, 6.45) is 4.82. The topological polar surface area (TPSA) is 72.6 Å². The molecule has 0 radical (unpaired) electrons. The zero-order valence-corrected chi connectivity index (χ0v) is 19.4. The number of nitrogens with two attached hydrogens (primary N) is 1. The Morgan fingerprint density at radius 3 is 2.57 bits per heavy atom. The molecule has 1 saturated heterocycles. The molecule has 0 bridgehead atoms. The summed E-state index contributed by atoms with van der Waals surface area (Å²) in [4.78, 5) is 0.379. The first kappa shape index (κ1) is 23.1. The second-order valence-corrected chi connectivity index (χ2v) is 11.1. The smallest absolute Gasteiger partial charge is 0.175 e. The van der Waals surface area contributed by atoms with Crippen LogP contribution in [-0.4, -0.2) is 31.8 Å². The number of halogens is 1. The molecule has 0 unspecified atom stereocenters. The van der Waals surface area contributed by atoms with E-state index in [2.05, 4.69) is 12.1 Å². The Balaban J connectivity index is 0.00000256. The maximum atomic E-state index is 12.3. The Morgan fingerprint density at radius 2 is 1.90 bits per heavy atom. The van der Waals surface area contributed by atoms with Crippen LogP contribution >= 0.6 is 12.4 Å². The lowest BCUT2D eigenvalue weighted by Gasteiger charge is -2.39. The number of rotatable bonds is 4. The molecule has 2 aliphatic heterocycles. The van der Waals surface area contributed by atoms with E-state index >= 15 is 0 Å². The average Bonchev–Trinajstić information content (AvgIpc) is 2.96. The summed E-state index contributed by atoms with van der Waals surface area (Å²) in [5.74, 6) is 7.57. The predicted octanol–water partition coefficient (Wildman–Crippen LogP) is 4.09. The predicted molar refractivity (Wildman–Crippen MR) is 122 cm³/mol. The summed E-state index contributed by atoms with van der Waals surface area (Å²) in [6.45, 7) is 4.96. The minimum Gasteiger partial charge on any atom is -0.487 e. The summed E-state index contributed by atoms with van der Waals surface area (Å²) in [6, 6.07) is 14.1. The maximum absolute atomic E-state index is 12.3. The van der Waals surface area contributed by atoms with Crippen LogP contribution in [0.25, 0.3) is 0 Å². The fourth-order valence-corrected chi connectivity index (χ4v) is 5.55. The number of fused-ring (bicyclic) bond motifs is 1. The molecule has 2 atom stereocenters. The molecule has 0 aromatic heterocycles. The number of piperidine rings is 1. The van der Waals surface area contributed by atoms with Gasteiger partial charge >= 0.3 is 0 Å². The van der Waals surface area contributed by atoms with Gasteiger partial charge in [0.05, 0.1) is 10.9 Å². The van der Waals surface area contributed by atoms with E-state index in [1.54, 1.807) is 6.07 Å². The molecule has 30 heavy (non-hydrogen) atoms. The fraction of sp³-hybridized carbons (Fsp3) is 0.478. The molecular weight excluding hydrogens is 420 g/mol. The molecule has 1 fully saturated rings. The molecule has 0 aliphatic carbocycles. The lowest BCUT2D eigenvalue weighted by atomic mass is 9.81. The largest absolute Gasteiger partial charge is 0.487 e. The lowest BCUT2D eigenvalue weighted by Crippen LogP contribution is -2.44. The first-order valence-corrected chi connectivity index (χ1v) is 12.1. The molecule has 4 rings (SSSR count).